The summed E-state index contributed by atoms with van der Waals surface area (Å²) in [5, 5.41) is 0. The van der Waals surface area contributed by atoms with Crippen molar-refractivity contribution in [1.82, 2.24) is 0 Å². The van der Waals surface area contributed by atoms with Crippen LogP contribution in [0, 0.1) is 0 Å². The van der Waals surface area contributed by atoms with Gasteiger partial charge in [-0.15, -0.1) is 0 Å². The van der Waals surface area contributed by atoms with E-state index in [-0.39, 0.29) is 18.0 Å². The average molecular weight is 126 g/mol. The van der Waals surface area contributed by atoms with Gasteiger partial charge in [0.25, 0.3) is 0 Å². The molecule has 0 fully saturated rings. The summed E-state index contributed by atoms with van der Waals surface area (Å²) in [6, 6.07) is 0. The molecule has 0 aromatic heterocycles. The second-order valence-corrected chi connectivity index (χ2v) is 2.24. The van der Waals surface area contributed by atoms with E-state index in [1.54, 1.807) is 19.1 Å². The van der Waals surface area contributed by atoms with E-state index in [4.69, 9.17) is 4.74 Å². The standard InChI is InChI=1S/C7H10O2/c1-5-3-4-7(8)6(2)9-5/h3-6H,1-2H3/t5-,6-/m1/s1. The van der Waals surface area contributed by atoms with Gasteiger partial charge in [-0.2, -0.15) is 0 Å². The van der Waals surface area contributed by atoms with E-state index in [9.17, 15) is 4.79 Å². The maximum atomic E-state index is 10.7. The second kappa shape index (κ2) is 2.31. The van der Waals surface area contributed by atoms with Gasteiger partial charge in [-0.1, -0.05) is 6.08 Å². The SMILES string of the molecule is C[C@@H]1C=CC(=O)[C@@H](C)O1. The lowest BCUT2D eigenvalue weighted by Crippen LogP contribution is -2.27. The third kappa shape index (κ3) is 1.39. The second-order valence-electron chi connectivity index (χ2n) is 2.24. The Balaban J connectivity index is 2.65. The van der Waals surface area contributed by atoms with Crippen molar-refractivity contribution in [3.63, 3.8) is 0 Å². The quantitative estimate of drug-likeness (QED) is 0.482. The first-order valence-electron chi connectivity index (χ1n) is 3.07. The van der Waals surface area contributed by atoms with Crippen molar-refractivity contribution in [3.05, 3.63) is 12.2 Å². The zero-order chi connectivity index (χ0) is 6.85. The maximum absolute atomic E-state index is 10.7. The third-order valence-corrected chi connectivity index (χ3v) is 1.35. The topological polar surface area (TPSA) is 26.3 Å². The number of hydrogen-bond donors (Lipinski definition) is 0. The fraction of sp³-hybridized carbons (Fsp3) is 0.571. The van der Waals surface area contributed by atoms with Crippen molar-refractivity contribution < 1.29 is 9.53 Å². The van der Waals surface area contributed by atoms with Crippen LogP contribution in [-0.2, 0) is 9.53 Å². The Hall–Kier alpha value is -0.630. The molecular formula is C7H10O2. The molecule has 2 heteroatoms. The van der Waals surface area contributed by atoms with Crippen molar-refractivity contribution in [2.75, 3.05) is 0 Å². The molecule has 0 aromatic rings. The molecule has 0 saturated carbocycles. The first-order valence-corrected chi connectivity index (χ1v) is 3.07. The number of ketones is 1. The van der Waals surface area contributed by atoms with Crippen molar-refractivity contribution >= 4 is 5.78 Å². The molecular weight excluding hydrogens is 116 g/mol. The highest BCUT2D eigenvalue weighted by atomic mass is 16.5. The molecule has 0 bridgehead atoms. The van der Waals surface area contributed by atoms with Crippen LogP contribution in [0.3, 0.4) is 0 Å². The molecule has 1 aliphatic heterocycles. The molecule has 50 valence electrons. The first-order chi connectivity index (χ1) is 4.20. The van der Waals surface area contributed by atoms with Crippen LogP contribution >= 0.6 is 0 Å². The highest BCUT2D eigenvalue weighted by Gasteiger charge is 2.16. The molecule has 0 spiro atoms. The monoisotopic (exact) mass is 126 g/mol. The highest BCUT2D eigenvalue weighted by molar-refractivity contribution is 5.93. The summed E-state index contributed by atoms with van der Waals surface area (Å²) >= 11 is 0. The largest absolute Gasteiger partial charge is 0.363 e. The highest BCUT2D eigenvalue weighted by Crippen LogP contribution is 2.07. The van der Waals surface area contributed by atoms with Gasteiger partial charge in [-0.25, -0.2) is 0 Å². The Morgan fingerprint density at radius 1 is 1.56 bits per heavy atom. The normalized spacial score (nSPS) is 35.1. The summed E-state index contributed by atoms with van der Waals surface area (Å²) in [6.45, 7) is 3.68. The molecule has 0 unspecified atom stereocenters. The van der Waals surface area contributed by atoms with Crippen LogP contribution in [0.2, 0.25) is 0 Å². The molecule has 1 heterocycles. The summed E-state index contributed by atoms with van der Waals surface area (Å²) < 4.78 is 5.16. The summed E-state index contributed by atoms with van der Waals surface area (Å²) in [5.74, 6) is 0.0631. The van der Waals surface area contributed by atoms with Gasteiger partial charge in [0.15, 0.2) is 5.78 Å². The smallest absolute Gasteiger partial charge is 0.183 e. The van der Waals surface area contributed by atoms with E-state index in [1.807, 2.05) is 6.92 Å². The fourth-order valence-corrected chi connectivity index (χ4v) is 0.800. The van der Waals surface area contributed by atoms with Crippen molar-refractivity contribution in [2.45, 2.75) is 26.1 Å². The molecule has 0 radical (unpaired) electrons. The number of rotatable bonds is 0. The van der Waals surface area contributed by atoms with Gasteiger partial charge < -0.3 is 4.74 Å². The van der Waals surface area contributed by atoms with E-state index < -0.39 is 0 Å². The van der Waals surface area contributed by atoms with Gasteiger partial charge in [-0.3, -0.25) is 4.79 Å². The minimum absolute atomic E-state index is 0.0631. The Morgan fingerprint density at radius 3 is 2.67 bits per heavy atom. The van der Waals surface area contributed by atoms with Gasteiger partial charge >= 0.3 is 0 Å². The van der Waals surface area contributed by atoms with Gasteiger partial charge in [-0.05, 0) is 19.9 Å². The maximum Gasteiger partial charge on any atom is 0.183 e. The van der Waals surface area contributed by atoms with E-state index in [1.165, 1.54) is 0 Å². The molecule has 9 heavy (non-hydrogen) atoms. The van der Waals surface area contributed by atoms with Gasteiger partial charge in [0, 0.05) is 0 Å². The minimum atomic E-state index is -0.245. The van der Waals surface area contributed by atoms with Crippen molar-refractivity contribution in [2.24, 2.45) is 0 Å². The zero-order valence-corrected chi connectivity index (χ0v) is 5.63. The van der Waals surface area contributed by atoms with Crippen LogP contribution in [0.15, 0.2) is 12.2 Å². The molecule has 2 nitrogen and oxygen atoms in total. The minimum Gasteiger partial charge on any atom is -0.363 e. The van der Waals surface area contributed by atoms with Gasteiger partial charge in [0.05, 0.1) is 6.10 Å². The summed E-state index contributed by atoms with van der Waals surface area (Å²) in [4.78, 5) is 10.7. The summed E-state index contributed by atoms with van der Waals surface area (Å²) in [6.07, 6.45) is 3.20. The summed E-state index contributed by atoms with van der Waals surface area (Å²) in [5.41, 5.74) is 0. The molecule has 1 aliphatic rings. The Bertz CT molecular complexity index is 149. The Labute approximate surface area is 54.5 Å². The predicted molar refractivity (Wildman–Crippen MR) is 34.2 cm³/mol. The number of ether oxygens (including phenoxy) is 1. The first kappa shape index (κ1) is 6.49. The van der Waals surface area contributed by atoms with Crippen LogP contribution < -0.4 is 0 Å². The molecule has 2 atom stereocenters. The molecule has 1 rings (SSSR count). The third-order valence-electron chi connectivity index (χ3n) is 1.35. The molecule has 0 N–H and O–H groups in total. The Kier molecular flexibility index (Phi) is 1.67. The van der Waals surface area contributed by atoms with Crippen LogP contribution in [-0.4, -0.2) is 18.0 Å². The van der Waals surface area contributed by atoms with Crippen LogP contribution in [0.5, 0.6) is 0 Å². The van der Waals surface area contributed by atoms with Gasteiger partial charge in [0.1, 0.15) is 6.10 Å². The van der Waals surface area contributed by atoms with Crippen LogP contribution in [0.1, 0.15) is 13.8 Å². The van der Waals surface area contributed by atoms with E-state index in [0.29, 0.717) is 0 Å². The average Bonchev–Trinajstić information content (AvgIpc) is 1.80. The van der Waals surface area contributed by atoms with Crippen molar-refractivity contribution in [3.8, 4) is 0 Å². The lowest BCUT2D eigenvalue weighted by Gasteiger charge is -2.17. The molecule has 0 amide bonds. The predicted octanol–water partition coefficient (Wildman–Crippen LogP) is 0.919. The lowest BCUT2D eigenvalue weighted by molar-refractivity contribution is -0.127. The fourth-order valence-electron chi connectivity index (χ4n) is 0.800. The van der Waals surface area contributed by atoms with E-state index in [0.717, 1.165) is 0 Å². The van der Waals surface area contributed by atoms with Crippen LogP contribution in [0.25, 0.3) is 0 Å². The van der Waals surface area contributed by atoms with E-state index in [2.05, 4.69) is 0 Å². The van der Waals surface area contributed by atoms with Crippen LogP contribution in [0.4, 0.5) is 0 Å². The molecule has 0 saturated heterocycles. The zero-order valence-electron chi connectivity index (χ0n) is 5.63. The molecule has 0 aromatic carbocycles. The van der Waals surface area contributed by atoms with Gasteiger partial charge in [0.2, 0.25) is 0 Å². The lowest BCUT2D eigenvalue weighted by atomic mass is 10.1. The summed E-state index contributed by atoms with van der Waals surface area (Å²) in [7, 11) is 0. The number of hydrogen-bond acceptors (Lipinski definition) is 2. The number of carbonyl (C=O) groups is 1. The Morgan fingerprint density at radius 2 is 2.22 bits per heavy atom. The van der Waals surface area contributed by atoms with E-state index >= 15 is 0 Å². The van der Waals surface area contributed by atoms with Crippen molar-refractivity contribution in [1.29, 1.82) is 0 Å². The molecule has 0 aliphatic carbocycles. The number of carbonyl (C=O) groups excluding carboxylic acids is 1.